The van der Waals surface area contributed by atoms with Crippen LogP contribution in [0.4, 0.5) is 23.7 Å². The lowest BCUT2D eigenvalue weighted by atomic mass is 9.98. The van der Waals surface area contributed by atoms with Crippen LogP contribution in [0.2, 0.25) is 0 Å². The summed E-state index contributed by atoms with van der Waals surface area (Å²) in [6.07, 6.45) is -2.45. The second-order valence-electron chi connectivity index (χ2n) is 7.38. The number of carbonyl (C=O) groups excluding carboxylic acids is 1. The number of anilines is 1. The third kappa shape index (κ3) is 3.99. The normalized spacial score (nSPS) is 20.1. The van der Waals surface area contributed by atoms with Gasteiger partial charge in [0.15, 0.2) is 0 Å². The molecule has 0 unspecified atom stereocenters. The molecule has 0 bridgehead atoms. The maximum Gasteiger partial charge on any atom is 0.416 e. The monoisotopic (exact) mass is 389 g/mol. The number of amides is 2. The van der Waals surface area contributed by atoms with Gasteiger partial charge in [0.1, 0.15) is 0 Å². The highest BCUT2D eigenvalue weighted by atomic mass is 19.4. The molecule has 0 aromatic heterocycles. The third-order valence-corrected chi connectivity index (χ3v) is 5.59. The quantitative estimate of drug-likeness (QED) is 0.828. The van der Waals surface area contributed by atoms with Gasteiger partial charge in [0, 0.05) is 37.9 Å². The Morgan fingerprint density at radius 2 is 1.71 bits per heavy atom. The second kappa shape index (κ2) is 7.47. The lowest BCUT2D eigenvalue weighted by Gasteiger charge is -2.33. The molecule has 0 radical (unpaired) electrons. The molecule has 148 valence electrons. The fourth-order valence-corrected chi connectivity index (χ4v) is 4.00. The van der Waals surface area contributed by atoms with Crippen LogP contribution in [0.25, 0.3) is 0 Å². The number of fused-ring (bicyclic) bond motifs is 1. The molecule has 28 heavy (non-hydrogen) atoms. The first-order chi connectivity index (χ1) is 13.4. The van der Waals surface area contributed by atoms with Gasteiger partial charge in [-0.05, 0) is 48.2 Å². The van der Waals surface area contributed by atoms with E-state index < -0.39 is 11.7 Å². The minimum atomic E-state index is -4.38. The van der Waals surface area contributed by atoms with E-state index >= 15 is 0 Å². The Morgan fingerprint density at radius 3 is 2.43 bits per heavy atom. The van der Waals surface area contributed by atoms with Gasteiger partial charge in [-0.1, -0.05) is 24.3 Å². The molecule has 1 atom stereocenters. The lowest BCUT2D eigenvalue weighted by molar-refractivity contribution is -0.137. The Morgan fingerprint density at radius 1 is 1.00 bits per heavy atom. The zero-order valence-electron chi connectivity index (χ0n) is 15.4. The number of rotatable bonds is 2. The first-order valence-corrected chi connectivity index (χ1v) is 9.44. The predicted molar refractivity (Wildman–Crippen MR) is 101 cm³/mol. The predicted octanol–water partition coefficient (Wildman–Crippen LogP) is 4.37. The van der Waals surface area contributed by atoms with Gasteiger partial charge in [-0.25, -0.2) is 4.79 Å². The van der Waals surface area contributed by atoms with E-state index in [9.17, 15) is 18.0 Å². The van der Waals surface area contributed by atoms with E-state index in [1.165, 1.54) is 23.3 Å². The number of urea groups is 1. The molecule has 7 heteroatoms. The zero-order chi connectivity index (χ0) is 19.7. The van der Waals surface area contributed by atoms with E-state index in [0.717, 1.165) is 38.1 Å². The molecule has 1 fully saturated rings. The van der Waals surface area contributed by atoms with Crippen molar-refractivity contribution in [3.05, 3.63) is 65.2 Å². The number of nitrogens with zero attached hydrogens (tertiary/aromatic N) is 2. The van der Waals surface area contributed by atoms with Crippen molar-refractivity contribution in [1.29, 1.82) is 0 Å². The van der Waals surface area contributed by atoms with E-state index in [2.05, 4.69) is 34.5 Å². The number of carbonyl (C=O) groups is 1. The van der Waals surface area contributed by atoms with Crippen molar-refractivity contribution < 1.29 is 18.0 Å². The Balaban J connectivity index is 1.33. The Kier molecular flexibility index (Phi) is 5.02. The van der Waals surface area contributed by atoms with Crippen LogP contribution in [-0.4, -0.2) is 41.5 Å². The number of hydrogen-bond donors (Lipinski definition) is 1. The van der Waals surface area contributed by atoms with Gasteiger partial charge < -0.3 is 10.2 Å². The summed E-state index contributed by atoms with van der Waals surface area (Å²) >= 11 is 0. The fourth-order valence-electron chi connectivity index (χ4n) is 4.00. The summed E-state index contributed by atoms with van der Waals surface area (Å²) in [5.41, 5.74) is 2.39. The molecule has 1 N–H and O–H groups in total. The van der Waals surface area contributed by atoms with Crippen LogP contribution in [0.15, 0.2) is 48.5 Å². The van der Waals surface area contributed by atoms with E-state index in [0.29, 0.717) is 24.8 Å². The Labute approximate surface area is 161 Å². The largest absolute Gasteiger partial charge is 0.416 e. The van der Waals surface area contributed by atoms with Crippen LogP contribution >= 0.6 is 0 Å². The maximum atomic E-state index is 12.6. The van der Waals surface area contributed by atoms with Crippen LogP contribution in [0, 0.1) is 0 Å². The standard InChI is InChI=1S/C21H22F3N3O/c22-21(23,24)17-5-7-18(8-6-17)25-20(28)27-12-10-19(14-27)26-11-9-15-3-1-2-4-16(15)13-26/h1-8,19H,9-14H2,(H,25,28)/t19-/m0/s1. The molecular weight excluding hydrogens is 367 g/mol. The highest BCUT2D eigenvalue weighted by Crippen LogP contribution is 2.30. The molecule has 2 heterocycles. The topological polar surface area (TPSA) is 35.6 Å². The number of halogens is 3. The van der Waals surface area contributed by atoms with E-state index in [4.69, 9.17) is 0 Å². The van der Waals surface area contributed by atoms with Crippen LogP contribution in [0.1, 0.15) is 23.1 Å². The summed E-state index contributed by atoms with van der Waals surface area (Å²) in [5, 5.41) is 2.70. The van der Waals surface area contributed by atoms with Crippen LogP contribution in [0.5, 0.6) is 0 Å². The van der Waals surface area contributed by atoms with Gasteiger partial charge >= 0.3 is 12.2 Å². The van der Waals surface area contributed by atoms with Crippen LogP contribution < -0.4 is 5.32 Å². The molecule has 0 spiro atoms. The summed E-state index contributed by atoms with van der Waals surface area (Å²) in [4.78, 5) is 16.7. The van der Waals surface area contributed by atoms with E-state index in [1.807, 2.05) is 0 Å². The molecule has 2 aromatic rings. The van der Waals surface area contributed by atoms with Gasteiger partial charge in [0.25, 0.3) is 0 Å². The highest BCUT2D eigenvalue weighted by molar-refractivity contribution is 5.89. The summed E-state index contributed by atoms with van der Waals surface area (Å²) in [7, 11) is 0. The third-order valence-electron chi connectivity index (χ3n) is 5.59. The molecule has 2 aliphatic heterocycles. The molecule has 4 nitrogen and oxygen atoms in total. The first kappa shape index (κ1) is 18.8. The Hall–Kier alpha value is -2.54. The van der Waals surface area contributed by atoms with Crippen molar-refractivity contribution in [2.24, 2.45) is 0 Å². The molecule has 2 aromatic carbocycles. The van der Waals surface area contributed by atoms with Crippen molar-refractivity contribution in [2.75, 3.05) is 25.0 Å². The summed E-state index contributed by atoms with van der Waals surface area (Å²) in [6.45, 7) is 3.16. The van der Waals surface area contributed by atoms with Gasteiger partial charge in [0.05, 0.1) is 5.56 Å². The molecule has 0 saturated carbocycles. The minimum Gasteiger partial charge on any atom is -0.323 e. The number of likely N-dealkylation sites (tertiary alicyclic amines) is 1. The second-order valence-corrected chi connectivity index (χ2v) is 7.38. The van der Waals surface area contributed by atoms with Gasteiger partial charge in [0.2, 0.25) is 0 Å². The first-order valence-electron chi connectivity index (χ1n) is 9.44. The number of alkyl halides is 3. The van der Waals surface area contributed by atoms with Gasteiger partial charge in [-0.15, -0.1) is 0 Å². The van der Waals surface area contributed by atoms with Gasteiger partial charge in [-0.2, -0.15) is 13.2 Å². The maximum absolute atomic E-state index is 12.6. The average molecular weight is 389 g/mol. The van der Waals surface area contributed by atoms with Crippen molar-refractivity contribution >= 4 is 11.7 Å². The SMILES string of the molecule is O=C(Nc1ccc(C(F)(F)F)cc1)N1CC[C@H](N2CCc3ccccc3C2)C1. The molecule has 4 rings (SSSR count). The summed E-state index contributed by atoms with van der Waals surface area (Å²) < 4.78 is 37.9. The highest BCUT2D eigenvalue weighted by Gasteiger charge is 2.32. The number of benzene rings is 2. The molecular formula is C21H22F3N3O. The zero-order valence-corrected chi connectivity index (χ0v) is 15.4. The average Bonchev–Trinajstić information content (AvgIpc) is 3.18. The number of hydrogen-bond acceptors (Lipinski definition) is 2. The molecule has 2 amide bonds. The van der Waals surface area contributed by atoms with Crippen molar-refractivity contribution in [3.63, 3.8) is 0 Å². The Bertz CT molecular complexity index is 851. The lowest BCUT2D eigenvalue weighted by Crippen LogP contribution is -2.42. The number of nitrogens with one attached hydrogen (secondary N) is 1. The smallest absolute Gasteiger partial charge is 0.323 e. The van der Waals surface area contributed by atoms with Crippen molar-refractivity contribution in [1.82, 2.24) is 9.80 Å². The fraction of sp³-hybridized carbons (Fsp3) is 0.381. The summed E-state index contributed by atoms with van der Waals surface area (Å²) in [6, 6.07) is 13.0. The summed E-state index contributed by atoms with van der Waals surface area (Å²) in [5.74, 6) is 0. The van der Waals surface area contributed by atoms with Crippen molar-refractivity contribution in [3.8, 4) is 0 Å². The van der Waals surface area contributed by atoms with Gasteiger partial charge in [-0.3, -0.25) is 4.90 Å². The molecule has 2 aliphatic rings. The van der Waals surface area contributed by atoms with Crippen LogP contribution in [0.3, 0.4) is 0 Å². The molecule has 0 aliphatic carbocycles. The molecule has 1 saturated heterocycles. The van der Waals surface area contributed by atoms with Crippen LogP contribution in [-0.2, 0) is 19.1 Å². The van der Waals surface area contributed by atoms with Crippen molar-refractivity contribution in [2.45, 2.75) is 31.6 Å². The van der Waals surface area contributed by atoms with E-state index in [-0.39, 0.29) is 6.03 Å². The van der Waals surface area contributed by atoms with E-state index in [1.54, 1.807) is 4.90 Å². The minimum absolute atomic E-state index is 0.264.